The molecule has 7 nitrogen and oxygen atoms in total. The summed E-state index contributed by atoms with van der Waals surface area (Å²) in [7, 11) is 1.28. The zero-order valence-corrected chi connectivity index (χ0v) is 18.4. The third-order valence-corrected chi connectivity index (χ3v) is 5.54. The first-order valence-corrected chi connectivity index (χ1v) is 10.4. The average molecular weight is 480 g/mol. The van der Waals surface area contributed by atoms with Crippen LogP contribution in [0.5, 0.6) is 11.5 Å². The fourth-order valence-corrected chi connectivity index (χ4v) is 3.79. The molecule has 2 aromatic carbocycles. The third-order valence-electron chi connectivity index (χ3n) is 4.63. The van der Waals surface area contributed by atoms with Crippen molar-refractivity contribution in [1.82, 2.24) is 10.2 Å². The van der Waals surface area contributed by atoms with Crippen molar-refractivity contribution >= 4 is 34.9 Å². The number of amides is 3. The molecule has 1 saturated heterocycles. The Labute approximate surface area is 191 Å². The van der Waals surface area contributed by atoms with Gasteiger partial charge in [0.25, 0.3) is 17.1 Å². The molecule has 0 spiro atoms. The Morgan fingerprint density at radius 2 is 1.94 bits per heavy atom. The lowest BCUT2D eigenvalue weighted by Gasteiger charge is -2.13. The van der Waals surface area contributed by atoms with Crippen LogP contribution >= 0.6 is 11.8 Å². The van der Waals surface area contributed by atoms with E-state index in [-0.39, 0.29) is 35.1 Å². The normalized spacial score (nSPS) is 14.8. The number of rotatable bonds is 8. The number of methoxy groups -OCH3 is 1. The van der Waals surface area contributed by atoms with E-state index in [1.807, 2.05) is 0 Å². The van der Waals surface area contributed by atoms with Gasteiger partial charge in [0.05, 0.1) is 12.0 Å². The number of carbonyl (C=O) groups is 3. The minimum absolute atomic E-state index is 0.0207. The molecule has 174 valence electrons. The Hall–Kier alpha value is -3.47. The Balaban J connectivity index is 1.63. The molecular weight excluding hydrogens is 461 g/mol. The fraction of sp³-hybridized carbons (Fsp3) is 0.227. The molecule has 33 heavy (non-hydrogen) atoms. The Morgan fingerprint density at radius 1 is 1.18 bits per heavy atom. The van der Waals surface area contributed by atoms with Crippen molar-refractivity contribution in [3.63, 3.8) is 0 Å². The number of ether oxygens (including phenoxy) is 2. The molecule has 0 unspecified atom stereocenters. The van der Waals surface area contributed by atoms with E-state index in [1.165, 1.54) is 43.5 Å². The zero-order chi connectivity index (χ0) is 24.1. The monoisotopic (exact) mass is 480 g/mol. The van der Waals surface area contributed by atoms with Crippen LogP contribution in [0.2, 0.25) is 0 Å². The quantitative estimate of drug-likeness (QED) is 0.570. The molecule has 1 fully saturated rings. The second-order valence-electron chi connectivity index (χ2n) is 6.84. The van der Waals surface area contributed by atoms with E-state index in [0.29, 0.717) is 22.9 Å². The highest BCUT2D eigenvalue weighted by molar-refractivity contribution is 8.18. The van der Waals surface area contributed by atoms with E-state index in [2.05, 4.69) is 10.1 Å². The molecule has 0 atom stereocenters. The predicted molar refractivity (Wildman–Crippen MR) is 116 cm³/mol. The summed E-state index contributed by atoms with van der Waals surface area (Å²) in [6.45, 7) is -1.54. The number of carbonyl (C=O) groups excluding carboxylic acids is 3. The highest BCUT2D eigenvalue weighted by Crippen LogP contribution is 2.34. The molecule has 3 amide bonds. The van der Waals surface area contributed by atoms with Gasteiger partial charge in [-0.05, 0) is 60.2 Å². The number of hydrogen-bond acceptors (Lipinski definition) is 6. The van der Waals surface area contributed by atoms with Crippen molar-refractivity contribution in [2.75, 3.05) is 20.2 Å². The van der Waals surface area contributed by atoms with Gasteiger partial charge in [-0.15, -0.1) is 0 Å². The minimum atomic E-state index is -3.02. The first kappa shape index (κ1) is 24.2. The molecule has 0 saturated carbocycles. The number of nitrogens with one attached hydrogen (secondary N) is 1. The molecular formula is C22H19F3N2O5S. The summed E-state index contributed by atoms with van der Waals surface area (Å²) in [5.41, 5.74) is 0.971. The van der Waals surface area contributed by atoms with Crippen LogP contribution in [0, 0.1) is 12.7 Å². The highest BCUT2D eigenvalue weighted by atomic mass is 32.2. The largest absolute Gasteiger partial charge is 0.493 e. The maximum Gasteiger partial charge on any atom is 0.387 e. The highest BCUT2D eigenvalue weighted by Gasteiger charge is 2.34. The summed E-state index contributed by atoms with van der Waals surface area (Å²) < 4.78 is 47.9. The molecule has 0 radical (unpaired) electrons. The maximum absolute atomic E-state index is 13.6. The Bertz CT molecular complexity index is 1120. The number of hydrogen-bond donors (Lipinski definition) is 1. The second kappa shape index (κ2) is 10.4. The van der Waals surface area contributed by atoms with Crippen LogP contribution in [-0.2, 0) is 4.79 Å². The number of benzene rings is 2. The lowest BCUT2D eigenvalue weighted by Crippen LogP contribution is -2.37. The van der Waals surface area contributed by atoms with E-state index >= 15 is 0 Å². The molecule has 0 aromatic heterocycles. The van der Waals surface area contributed by atoms with E-state index in [9.17, 15) is 27.6 Å². The van der Waals surface area contributed by atoms with Crippen LogP contribution in [0.4, 0.5) is 18.0 Å². The molecule has 1 aliphatic rings. The molecule has 11 heteroatoms. The van der Waals surface area contributed by atoms with Gasteiger partial charge in [-0.3, -0.25) is 19.3 Å². The zero-order valence-electron chi connectivity index (χ0n) is 17.6. The van der Waals surface area contributed by atoms with Crippen molar-refractivity contribution in [2.45, 2.75) is 13.5 Å². The summed E-state index contributed by atoms with van der Waals surface area (Å²) >= 11 is 0.708. The minimum Gasteiger partial charge on any atom is -0.493 e. The molecule has 1 heterocycles. The van der Waals surface area contributed by atoms with E-state index in [1.54, 1.807) is 6.92 Å². The first-order valence-electron chi connectivity index (χ1n) is 9.62. The lowest BCUT2D eigenvalue weighted by atomic mass is 10.1. The summed E-state index contributed by atoms with van der Waals surface area (Å²) in [4.78, 5) is 38.1. The van der Waals surface area contributed by atoms with Crippen molar-refractivity contribution in [1.29, 1.82) is 0 Å². The number of alkyl halides is 2. The SMILES string of the molecule is COc1cc(/C=C2\SC(=O)N(CCNC(=O)c3ccc(C)c(F)c3)C2=O)ccc1OC(F)F. The number of halogens is 3. The molecule has 0 aliphatic carbocycles. The van der Waals surface area contributed by atoms with E-state index in [0.717, 1.165) is 11.0 Å². The number of imide groups is 1. The predicted octanol–water partition coefficient (Wildman–Crippen LogP) is 4.21. The van der Waals surface area contributed by atoms with Gasteiger partial charge >= 0.3 is 6.61 Å². The summed E-state index contributed by atoms with van der Waals surface area (Å²) in [6.07, 6.45) is 1.42. The topological polar surface area (TPSA) is 84.9 Å². The van der Waals surface area contributed by atoms with Crippen LogP contribution in [0.3, 0.4) is 0 Å². The second-order valence-corrected chi connectivity index (χ2v) is 7.84. The van der Waals surface area contributed by atoms with Crippen molar-refractivity contribution in [3.8, 4) is 11.5 Å². The summed E-state index contributed by atoms with van der Waals surface area (Å²) in [6, 6.07) is 8.17. The van der Waals surface area contributed by atoms with Gasteiger partial charge in [-0.1, -0.05) is 12.1 Å². The van der Waals surface area contributed by atoms with Crippen LogP contribution in [0.1, 0.15) is 21.5 Å². The van der Waals surface area contributed by atoms with Crippen LogP contribution < -0.4 is 14.8 Å². The Morgan fingerprint density at radius 3 is 2.61 bits per heavy atom. The van der Waals surface area contributed by atoms with Crippen molar-refractivity contribution < 1.29 is 37.0 Å². The van der Waals surface area contributed by atoms with Crippen LogP contribution in [-0.4, -0.2) is 48.8 Å². The van der Waals surface area contributed by atoms with Gasteiger partial charge in [-0.2, -0.15) is 8.78 Å². The summed E-state index contributed by atoms with van der Waals surface area (Å²) in [5.74, 6) is -1.73. The van der Waals surface area contributed by atoms with Crippen molar-refractivity contribution in [3.05, 3.63) is 63.8 Å². The smallest absolute Gasteiger partial charge is 0.387 e. The average Bonchev–Trinajstić information content (AvgIpc) is 3.03. The summed E-state index contributed by atoms with van der Waals surface area (Å²) in [5, 5.41) is 2.02. The van der Waals surface area contributed by atoms with Gasteiger partial charge in [-0.25, -0.2) is 4.39 Å². The van der Waals surface area contributed by atoms with Gasteiger partial charge < -0.3 is 14.8 Å². The van der Waals surface area contributed by atoms with Gasteiger partial charge in [0.2, 0.25) is 0 Å². The Kier molecular flexibility index (Phi) is 7.64. The van der Waals surface area contributed by atoms with E-state index in [4.69, 9.17) is 4.74 Å². The standard InChI is InChI=1S/C22H19F3N2O5S/c1-12-3-5-14(11-15(12)23)19(28)26-7-8-27-20(29)18(33-22(27)30)10-13-4-6-16(32-21(24)25)17(9-13)31-2/h3-6,9-11,21H,7-8H2,1-2H3,(H,26,28)/b18-10-. The molecule has 1 aliphatic heterocycles. The van der Waals surface area contributed by atoms with Gasteiger partial charge in [0, 0.05) is 18.7 Å². The molecule has 1 N–H and O–H groups in total. The van der Waals surface area contributed by atoms with Gasteiger partial charge in [0.1, 0.15) is 5.82 Å². The van der Waals surface area contributed by atoms with E-state index < -0.39 is 29.5 Å². The first-order chi connectivity index (χ1) is 15.7. The molecule has 0 bridgehead atoms. The maximum atomic E-state index is 13.6. The third kappa shape index (κ3) is 5.86. The number of nitrogens with zero attached hydrogens (tertiary/aromatic N) is 1. The lowest BCUT2D eigenvalue weighted by molar-refractivity contribution is -0.122. The van der Waals surface area contributed by atoms with Crippen molar-refractivity contribution in [2.24, 2.45) is 0 Å². The molecule has 3 rings (SSSR count). The van der Waals surface area contributed by atoms with Crippen LogP contribution in [0.25, 0.3) is 6.08 Å². The van der Waals surface area contributed by atoms with Gasteiger partial charge in [0.15, 0.2) is 11.5 Å². The number of aryl methyl sites for hydroxylation is 1. The van der Waals surface area contributed by atoms with Crippen LogP contribution in [0.15, 0.2) is 41.3 Å². The fourth-order valence-electron chi connectivity index (χ4n) is 2.93. The number of thioether (sulfide) groups is 1. The molecule has 2 aromatic rings.